The predicted octanol–water partition coefficient (Wildman–Crippen LogP) is 27.0. The van der Waals surface area contributed by atoms with E-state index in [4.69, 9.17) is 13.2 Å². The molecule has 0 saturated carbocycles. The molecule has 87 heavy (non-hydrogen) atoms. The van der Waals surface area contributed by atoms with Crippen molar-refractivity contribution in [1.29, 1.82) is 0 Å². The minimum atomic E-state index is -0.299. The van der Waals surface area contributed by atoms with E-state index in [1.165, 1.54) is 50.2 Å². The molecule has 0 saturated heterocycles. The number of benzene rings is 1. The molecule has 0 aromatic heterocycles. The first-order valence-electron chi connectivity index (χ1n) is 35.2. The molecule has 486 valence electrons. The molecule has 0 radical (unpaired) electrons. The first-order valence-corrected chi connectivity index (χ1v) is 35.2. The third kappa shape index (κ3) is 9.04. The van der Waals surface area contributed by atoms with Gasteiger partial charge in [-0.25, -0.2) is 0 Å². The highest BCUT2D eigenvalue weighted by molar-refractivity contribution is 5.93. The Bertz CT molecular complexity index is 3340. The van der Waals surface area contributed by atoms with Gasteiger partial charge in [-0.15, -0.1) is 0 Å². The Balaban J connectivity index is 1.66. The van der Waals surface area contributed by atoms with E-state index < -0.39 is 0 Å². The van der Waals surface area contributed by atoms with Crippen molar-refractivity contribution in [3.8, 4) is 0 Å². The maximum Gasteiger partial charge on any atom is 0.0127 e. The third-order valence-corrected chi connectivity index (χ3v) is 32.5. The lowest BCUT2D eigenvalue weighted by molar-refractivity contribution is -0.155. The summed E-state index contributed by atoms with van der Waals surface area (Å²) in [6, 6.07) is 0. The van der Waals surface area contributed by atoms with Gasteiger partial charge in [0.2, 0.25) is 0 Å². The second-order valence-corrected chi connectivity index (χ2v) is 39.5. The SMILES string of the molecule is C=C1C2=C(C3CC(C)=C(C)C3C)C(C)C(=C)C2=C(C2=C(C)C(C)=C(C3=C(C)c4c(c(C(C)(C)C(C)(C)C(C)(C)C(C)(C)C(C)(C)C(C)(C)C)c5c(c4C(C)(C)C(C)(C)C(C)(C)C(C)(C)C(C)(C)C(C)(C)C)C(C(C)(C)C)C(C)=C5C)C3C(C)C)C2)C1C. The number of hydrogen-bond donors (Lipinski definition) is 0. The van der Waals surface area contributed by atoms with Crippen LogP contribution >= 0.6 is 0 Å². The molecule has 6 atom stereocenters. The fourth-order valence-electron chi connectivity index (χ4n) is 20.3. The Morgan fingerprint density at radius 3 is 1.14 bits per heavy atom. The van der Waals surface area contributed by atoms with Gasteiger partial charge in [0, 0.05) is 23.7 Å². The van der Waals surface area contributed by atoms with Gasteiger partial charge in [-0.05, 0) is 250 Å². The molecule has 0 amide bonds. The monoisotopic (exact) mass is 1180 g/mol. The van der Waals surface area contributed by atoms with Crippen LogP contribution in [0.4, 0.5) is 0 Å². The summed E-state index contributed by atoms with van der Waals surface area (Å²) in [4.78, 5) is 0. The van der Waals surface area contributed by atoms with Crippen molar-refractivity contribution in [2.24, 2.45) is 89.2 Å². The number of fused-ring (bicyclic) bond motifs is 3. The fourth-order valence-corrected chi connectivity index (χ4v) is 20.3. The van der Waals surface area contributed by atoms with Crippen LogP contribution in [0.1, 0.15) is 342 Å². The van der Waals surface area contributed by atoms with Crippen molar-refractivity contribution in [2.75, 3.05) is 0 Å². The normalized spacial score (nSPS) is 24.8. The molecule has 0 spiro atoms. The zero-order valence-corrected chi connectivity index (χ0v) is 65.4. The second kappa shape index (κ2) is 20.7. The van der Waals surface area contributed by atoms with Crippen LogP contribution in [0.5, 0.6) is 0 Å². The summed E-state index contributed by atoms with van der Waals surface area (Å²) in [6.07, 6.45) is 2.10. The Morgan fingerprint density at radius 2 is 0.770 bits per heavy atom. The van der Waals surface area contributed by atoms with E-state index in [0.29, 0.717) is 23.7 Å². The third-order valence-electron chi connectivity index (χ3n) is 32.5. The number of rotatable bonds is 14. The van der Waals surface area contributed by atoms with E-state index in [1.54, 1.807) is 72.4 Å². The maximum absolute atomic E-state index is 5.05. The van der Waals surface area contributed by atoms with E-state index in [9.17, 15) is 0 Å². The maximum atomic E-state index is 5.05. The molecular formula is C87H138. The first-order chi connectivity index (χ1) is 38.6. The Hall–Kier alpha value is -3.12. The Labute approximate surface area is 541 Å². The molecule has 6 aliphatic rings. The van der Waals surface area contributed by atoms with Gasteiger partial charge in [0.15, 0.2) is 0 Å². The van der Waals surface area contributed by atoms with Gasteiger partial charge in [0.25, 0.3) is 0 Å². The first kappa shape index (κ1) is 71.3. The summed E-state index contributed by atoms with van der Waals surface area (Å²) >= 11 is 0. The summed E-state index contributed by atoms with van der Waals surface area (Å²) < 4.78 is 0. The van der Waals surface area contributed by atoms with E-state index in [0.717, 1.165) is 12.8 Å². The molecule has 0 heterocycles. The quantitative estimate of drug-likeness (QED) is 0.163. The van der Waals surface area contributed by atoms with Crippen LogP contribution in [0.25, 0.3) is 11.1 Å². The lowest BCUT2D eigenvalue weighted by atomic mass is 9.38. The smallest absolute Gasteiger partial charge is 0.0127 e. The van der Waals surface area contributed by atoms with Gasteiger partial charge in [-0.3, -0.25) is 0 Å². The van der Waals surface area contributed by atoms with Crippen molar-refractivity contribution in [1.82, 2.24) is 0 Å². The summed E-state index contributed by atoms with van der Waals surface area (Å²) in [7, 11) is 0. The van der Waals surface area contributed by atoms with Crippen LogP contribution in [-0.4, -0.2) is 0 Å². The van der Waals surface area contributed by atoms with Crippen LogP contribution in [0, 0.1) is 89.2 Å². The van der Waals surface area contributed by atoms with Crippen LogP contribution < -0.4 is 0 Å². The summed E-state index contributed by atoms with van der Waals surface area (Å²) in [5.74, 6) is 2.38. The molecule has 0 aliphatic heterocycles. The van der Waals surface area contributed by atoms with Crippen LogP contribution in [-0.2, 0) is 10.8 Å². The number of hydrogen-bond acceptors (Lipinski definition) is 0. The molecule has 0 N–H and O–H groups in total. The standard InChI is InChI=1S/C87H138/c1-46(2)62-65(61-45-60(50(6)51(61)7)64-53(9)55(11)66-63(52(8)54(10)67(64)66)59-44-47(3)48(4)49(59)5)58(14)69-70(62)73(78(24,25)82(32,33)86(40,41)84(36,37)80(28,29)76(18,19)20)68-56(12)57(13)72(75(15,16)17)71(68)74(69)79(26,27)83(34,35)87(42,43)85(38,39)81(30,31)77(21,22)23/h46,49,52-53,59,62,72H,10-11,44-45H2,1-9,12-43H3. The van der Waals surface area contributed by atoms with Crippen molar-refractivity contribution in [3.05, 3.63) is 125 Å². The molecule has 7 rings (SSSR count). The van der Waals surface area contributed by atoms with E-state index in [-0.39, 0.29) is 88.1 Å². The van der Waals surface area contributed by atoms with Crippen molar-refractivity contribution >= 4 is 11.1 Å². The lowest BCUT2D eigenvalue weighted by Gasteiger charge is -2.66. The zero-order chi connectivity index (χ0) is 67.7. The van der Waals surface area contributed by atoms with E-state index in [1.807, 2.05) is 0 Å². The van der Waals surface area contributed by atoms with Gasteiger partial charge in [-0.2, -0.15) is 0 Å². The van der Waals surface area contributed by atoms with Crippen molar-refractivity contribution in [2.45, 2.75) is 319 Å². The molecule has 1 aromatic carbocycles. The second-order valence-electron chi connectivity index (χ2n) is 39.5. The molecule has 0 fully saturated rings. The highest BCUT2D eigenvalue weighted by atomic mass is 14.7. The van der Waals surface area contributed by atoms with Crippen molar-refractivity contribution < 1.29 is 0 Å². The molecule has 0 nitrogen and oxygen atoms in total. The largest absolute Gasteiger partial charge is 0.0946 e. The molecule has 1 aromatic rings. The molecular weight excluding hydrogens is 1040 g/mol. The van der Waals surface area contributed by atoms with Gasteiger partial charge in [0.05, 0.1) is 0 Å². The molecule has 6 aliphatic carbocycles. The minimum Gasteiger partial charge on any atom is -0.0946 e. The van der Waals surface area contributed by atoms with E-state index in [2.05, 4.69) is 284 Å². The molecule has 0 bridgehead atoms. The fraction of sp³-hybridized carbons (Fsp3) is 0.724. The molecule has 6 unspecified atom stereocenters. The topological polar surface area (TPSA) is 0 Å². The summed E-state index contributed by atoms with van der Waals surface area (Å²) in [5.41, 5.74) is 32.8. The highest BCUT2D eigenvalue weighted by Gasteiger charge is 2.66. The van der Waals surface area contributed by atoms with Crippen molar-refractivity contribution in [3.63, 3.8) is 0 Å². The zero-order valence-electron chi connectivity index (χ0n) is 65.4. The van der Waals surface area contributed by atoms with Crippen LogP contribution in [0.3, 0.4) is 0 Å². The summed E-state index contributed by atoms with van der Waals surface area (Å²) in [5, 5.41) is 0. The average Bonchev–Trinajstić information content (AvgIpc) is 1.64. The molecule has 0 heteroatoms. The Morgan fingerprint density at radius 1 is 0.402 bits per heavy atom. The summed E-state index contributed by atoms with van der Waals surface area (Å²) in [6.45, 7) is 116. The Kier molecular flexibility index (Phi) is 17.0. The van der Waals surface area contributed by atoms with Gasteiger partial charge < -0.3 is 0 Å². The predicted molar refractivity (Wildman–Crippen MR) is 389 cm³/mol. The average molecular weight is 1180 g/mol. The highest BCUT2D eigenvalue weighted by Crippen LogP contribution is 2.74. The number of allylic oxidation sites excluding steroid dienone is 16. The van der Waals surface area contributed by atoms with Crippen LogP contribution in [0.2, 0.25) is 0 Å². The van der Waals surface area contributed by atoms with Gasteiger partial charge in [0.1, 0.15) is 0 Å². The van der Waals surface area contributed by atoms with Crippen LogP contribution in [0.15, 0.2) is 91.2 Å². The van der Waals surface area contributed by atoms with Gasteiger partial charge >= 0.3 is 0 Å². The lowest BCUT2D eigenvalue weighted by Crippen LogP contribution is -2.60. The minimum absolute atomic E-state index is 0.0104. The van der Waals surface area contributed by atoms with E-state index >= 15 is 0 Å². The van der Waals surface area contributed by atoms with Gasteiger partial charge in [-0.1, -0.05) is 271 Å².